The average Bonchev–Trinajstić information content (AvgIpc) is 2.53. The first-order chi connectivity index (χ1) is 10.2. The van der Waals surface area contributed by atoms with E-state index < -0.39 is 0 Å². The van der Waals surface area contributed by atoms with Gasteiger partial charge in [-0.3, -0.25) is 4.79 Å². The van der Waals surface area contributed by atoms with E-state index >= 15 is 0 Å². The summed E-state index contributed by atoms with van der Waals surface area (Å²) in [4.78, 5) is 11.8. The zero-order valence-electron chi connectivity index (χ0n) is 13.2. The molecule has 0 aromatic heterocycles. The molecule has 0 radical (unpaired) electrons. The number of benzene rings is 1. The standard InChI is InChI=1S/C18H27NO2/c1-3-14(2)18(20)19-13-15-8-7-11-17(12-15)21-16-9-5-4-6-10-16/h7-8,11-12,14,16H,3-6,9-10,13H2,1-2H3,(H,19,20). The number of nitrogens with one attached hydrogen (secondary N) is 1. The molecule has 1 saturated carbocycles. The van der Waals surface area contributed by atoms with Gasteiger partial charge in [-0.05, 0) is 49.8 Å². The predicted molar refractivity (Wildman–Crippen MR) is 85.2 cm³/mol. The Morgan fingerprint density at radius 3 is 2.81 bits per heavy atom. The zero-order chi connectivity index (χ0) is 15.1. The number of ether oxygens (including phenoxy) is 1. The maximum atomic E-state index is 11.8. The number of carbonyl (C=O) groups is 1. The van der Waals surface area contributed by atoms with E-state index in [9.17, 15) is 4.79 Å². The molecule has 116 valence electrons. The predicted octanol–water partition coefficient (Wildman–Crippen LogP) is 4.06. The van der Waals surface area contributed by atoms with Crippen LogP contribution in [0.25, 0.3) is 0 Å². The van der Waals surface area contributed by atoms with Crippen molar-refractivity contribution in [2.45, 2.75) is 65.0 Å². The largest absolute Gasteiger partial charge is 0.490 e. The van der Waals surface area contributed by atoms with Crippen LogP contribution in [0, 0.1) is 5.92 Å². The second kappa shape index (κ2) is 8.06. The Morgan fingerprint density at radius 2 is 2.10 bits per heavy atom. The minimum atomic E-state index is 0.0756. The molecule has 0 aliphatic heterocycles. The van der Waals surface area contributed by atoms with Crippen LogP contribution in [0.3, 0.4) is 0 Å². The zero-order valence-corrected chi connectivity index (χ0v) is 13.2. The Labute approximate surface area is 128 Å². The molecule has 1 aliphatic carbocycles. The summed E-state index contributed by atoms with van der Waals surface area (Å²) in [6.07, 6.45) is 7.44. The first-order valence-electron chi connectivity index (χ1n) is 8.22. The minimum absolute atomic E-state index is 0.0756. The Kier molecular flexibility index (Phi) is 6.09. The summed E-state index contributed by atoms with van der Waals surface area (Å²) in [5.41, 5.74) is 1.10. The molecule has 1 unspecified atom stereocenters. The molecule has 1 N–H and O–H groups in total. The Morgan fingerprint density at radius 1 is 1.33 bits per heavy atom. The van der Waals surface area contributed by atoms with Crippen molar-refractivity contribution in [3.63, 3.8) is 0 Å². The average molecular weight is 289 g/mol. The van der Waals surface area contributed by atoms with Crippen LogP contribution in [-0.4, -0.2) is 12.0 Å². The van der Waals surface area contributed by atoms with Crippen LogP contribution in [0.2, 0.25) is 0 Å². The van der Waals surface area contributed by atoms with Gasteiger partial charge in [0.25, 0.3) is 0 Å². The van der Waals surface area contributed by atoms with Crippen LogP contribution in [0.4, 0.5) is 0 Å². The van der Waals surface area contributed by atoms with Gasteiger partial charge >= 0.3 is 0 Å². The van der Waals surface area contributed by atoms with Gasteiger partial charge in [0.05, 0.1) is 6.10 Å². The topological polar surface area (TPSA) is 38.3 Å². The van der Waals surface area contributed by atoms with Crippen LogP contribution >= 0.6 is 0 Å². The second-order valence-corrected chi connectivity index (χ2v) is 6.05. The summed E-state index contributed by atoms with van der Waals surface area (Å²) in [6, 6.07) is 8.09. The van der Waals surface area contributed by atoms with E-state index in [0.29, 0.717) is 12.6 Å². The van der Waals surface area contributed by atoms with Gasteiger partial charge in [-0.25, -0.2) is 0 Å². The van der Waals surface area contributed by atoms with E-state index in [1.54, 1.807) is 0 Å². The van der Waals surface area contributed by atoms with Gasteiger partial charge in [0.1, 0.15) is 5.75 Å². The van der Waals surface area contributed by atoms with Crippen molar-refractivity contribution in [1.82, 2.24) is 5.32 Å². The fourth-order valence-electron chi connectivity index (χ4n) is 2.65. The second-order valence-electron chi connectivity index (χ2n) is 6.05. The molecule has 2 rings (SSSR count). The van der Waals surface area contributed by atoms with E-state index in [2.05, 4.69) is 5.32 Å². The van der Waals surface area contributed by atoms with E-state index in [-0.39, 0.29) is 11.8 Å². The van der Waals surface area contributed by atoms with E-state index in [0.717, 1.165) is 30.6 Å². The van der Waals surface area contributed by atoms with Crippen LogP contribution in [0.15, 0.2) is 24.3 Å². The number of carbonyl (C=O) groups excluding carboxylic acids is 1. The monoisotopic (exact) mass is 289 g/mol. The third kappa shape index (κ3) is 5.07. The van der Waals surface area contributed by atoms with Crippen LogP contribution in [0.5, 0.6) is 5.75 Å². The molecule has 1 fully saturated rings. The van der Waals surface area contributed by atoms with Crippen molar-refractivity contribution >= 4 is 5.91 Å². The van der Waals surface area contributed by atoms with Gasteiger partial charge in [0, 0.05) is 12.5 Å². The summed E-state index contributed by atoms with van der Waals surface area (Å²) in [6.45, 7) is 4.56. The fraction of sp³-hybridized carbons (Fsp3) is 0.611. The van der Waals surface area contributed by atoms with Crippen LogP contribution < -0.4 is 10.1 Å². The lowest BCUT2D eigenvalue weighted by atomic mass is 9.98. The van der Waals surface area contributed by atoms with Gasteiger partial charge < -0.3 is 10.1 Å². The smallest absolute Gasteiger partial charge is 0.223 e. The molecule has 1 aromatic carbocycles. The van der Waals surface area contributed by atoms with Crippen molar-refractivity contribution in [1.29, 1.82) is 0 Å². The Balaban J connectivity index is 1.86. The molecule has 1 aliphatic rings. The van der Waals surface area contributed by atoms with Crippen molar-refractivity contribution < 1.29 is 9.53 Å². The normalized spacial score (nSPS) is 17.2. The third-order valence-electron chi connectivity index (χ3n) is 4.28. The van der Waals surface area contributed by atoms with Gasteiger partial charge in [0.15, 0.2) is 0 Å². The number of amides is 1. The highest BCUT2D eigenvalue weighted by molar-refractivity contribution is 5.78. The maximum Gasteiger partial charge on any atom is 0.223 e. The van der Waals surface area contributed by atoms with E-state index in [1.165, 1.54) is 19.3 Å². The van der Waals surface area contributed by atoms with Crippen molar-refractivity contribution in [2.75, 3.05) is 0 Å². The van der Waals surface area contributed by atoms with Crippen LogP contribution in [-0.2, 0) is 11.3 Å². The van der Waals surface area contributed by atoms with Gasteiger partial charge in [-0.15, -0.1) is 0 Å². The quantitative estimate of drug-likeness (QED) is 0.857. The van der Waals surface area contributed by atoms with Crippen LogP contribution in [0.1, 0.15) is 57.9 Å². The molecular formula is C18H27NO2. The number of rotatable bonds is 6. The fourth-order valence-corrected chi connectivity index (χ4v) is 2.65. The molecule has 3 nitrogen and oxygen atoms in total. The number of hydrogen-bond donors (Lipinski definition) is 1. The number of hydrogen-bond acceptors (Lipinski definition) is 2. The first kappa shape index (κ1) is 15.9. The van der Waals surface area contributed by atoms with Crippen molar-refractivity contribution in [3.05, 3.63) is 29.8 Å². The summed E-state index contributed by atoms with van der Waals surface area (Å²) < 4.78 is 6.06. The molecule has 21 heavy (non-hydrogen) atoms. The first-order valence-corrected chi connectivity index (χ1v) is 8.22. The maximum absolute atomic E-state index is 11.8. The molecule has 0 heterocycles. The van der Waals surface area contributed by atoms with E-state index in [4.69, 9.17) is 4.74 Å². The minimum Gasteiger partial charge on any atom is -0.490 e. The molecule has 0 bridgehead atoms. The molecule has 1 aromatic rings. The summed E-state index contributed by atoms with van der Waals surface area (Å²) in [5, 5.41) is 2.99. The molecule has 0 spiro atoms. The Bertz CT molecular complexity index is 452. The highest BCUT2D eigenvalue weighted by atomic mass is 16.5. The molecule has 0 saturated heterocycles. The lowest BCUT2D eigenvalue weighted by Gasteiger charge is -2.23. The SMILES string of the molecule is CCC(C)C(=O)NCc1cccc(OC2CCCCC2)c1. The molecule has 3 heteroatoms. The van der Waals surface area contributed by atoms with Gasteiger partial charge in [-0.1, -0.05) is 32.4 Å². The lowest BCUT2D eigenvalue weighted by molar-refractivity contribution is -0.124. The highest BCUT2D eigenvalue weighted by Gasteiger charge is 2.15. The molecule has 1 atom stereocenters. The van der Waals surface area contributed by atoms with E-state index in [1.807, 2.05) is 38.1 Å². The van der Waals surface area contributed by atoms with Gasteiger partial charge in [-0.2, -0.15) is 0 Å². The Hall–Kier alpha value is -1.51. The molecule has 1 amide bonds. The molecular weight excluding hydrogens is 262 g/mol. The summed E-state index contributed by atoms with van der Waals surface area (Å²) >= 11 is 0. The van der Waals surface area contributed by atoms with Gasteiger partial charge in [0.2, 0.25) is 5.91 Å². The van der Waals surface area contributed by atoms with Crippen molar-refractivity contribution in [2.24, 2.45) is 5.92 Å². The third-order valence-corrected chi connectivity index (χ3v) is 4.28. The van der Waals surface area contributed by atoms with Crippen molar-refractivity contribution in [3.8, 4) is 5.75 Å². The highest BCUT2D eigenvalue weighted by Crippen LogP contribution is 2.23. The summed E-state index contributed by atoms with van der Waals surface area (Å²) in [7, 11) is 0. The lowest BCUT2D eigenvalue weighted by Crippen LogP contribution is -2.28. The summed E-state index contributed by atoms with van der Waals surface area (Å²) in [5.74, 6) is 1.12.